The zero-order valence-corrected chi connectivity index (χ0v) is 19.3. The summed E-state index contributed by atoms with van der Waals surface area (Å²) < 4.78 is 43.2. The minimum atomic E-state index is -4.77. The fraction of sp³-hybridized carbons (Fsp3) is 0.652. The van der Waals surface area contributed by atoms with Crippen LogP contribution >= 0.6 is 0 Å². The molecular formula is C23H32F3N5O2. The SMILES string of the molecule is CC(C)C1CCC(N2CC(NC(=O)CNc3nn(C)c4ccc(OC(F)(F)F)cc34)C2)CC1. The van der Waals surface area contributed by atoms with E-state index in [9.17, 15) is 18.0 Å². The number of benzene rings is 1. The molecule has 0 spiro atoms. The van der Waals surface area contributed by atoms with E-state index in [2.05, 4.69) is 39.2 Å². The summed E-state index contributed by atoms with van der Waals surface area (Å²) in [5.74, 6) is 1.44. The molecule has 1 amide bonds. The van der Waals surface area contributed by atoms with Crippen LogP contribution in [-0.4, -0.2) is 58.7 Å². The predicted molar refractivity (Wildman–Crippen MR) is 120 cm³/mol. The third kappa shape index (κ3) is 5.72. The van der Waals surface area contributed by atoms with E-state index in [0.717, 1.165) is 24.9 Å². The van der Waals surface area contributed by atoms with Crippen molar-refractivity contribution in [2.75, 3.05) is 25.0 Å². The molecule has 0 unspecified atom stereocenters. The van der Waals surface area contributed by atoms with E-state index >= 15 is 0 Å². The van der Waals surface area contributed by atoms with Crippen LogP contribution in [0.2, 0.25) is 0 Å². The first-order valence-corrected chi connectivity index (χ1v) is 11.6. The van der Waals surface area contributed by atoms with E-state index in [1.54, 1.807) is 11.7 Å². The minimum absolute atomic E-state index is 0.00747. The van der Waals surface area contributed by atoms with Gasteiger partial charge in [0.25, 0.3) is 0 Å². The zero-order valence-electron chi connectivity index (χ0n) is 19.3. The second-order valence-electron chi connectivity index (χ2n) is 9.58. The number of aromatic nitrogens is 2. The van der Waals surface area contributed by atoms with Gasteiger partial charge < -0.3 is 15.4 Å². The molecule has 2 aromatic rings. The molecule has 0 radical (unpaired) electrons. The van der Waals surface area contributed by atoms with E-state index in [1.165, 1.54) is 43.9 Å². The summed E-state index contributed by atoms with van der Waals surface area (Å²) >= 11 is 0. The van der Waals surface area contributed by atoms with Crippen LogP contribution in [0.5, 0.6) is 5.75 Å². The summed E-state index contributed by atoms with van der Waals surface area (Å²) in [4.78, 5) is 14.9. The van der Waals surface area contributed by atoms with Crippen molar-refractivity contribution in [3.05, 3.63) is 18.2 Å². The second kappa shape index (κ2) is 9.40. The maximum absolute atomic E-state index is 12.5. The molecule has 2 heterocycles. The van der Waals surface area contributed by atoms with Crippen molar-refractivity contribution >= 4 is 22.6 Å². The Kier molecular flexibility index (Phi) is 6.74. The van der Waals surface area contributed by atoms with Crippen molar-refractivity contribution < 1.29 is 22.7 Å². The van der Waals surface area contributed by atoms with Crippen LogP contribution in [0.1, 0.15) is 39.5 Å². The van der Waals surface area contributed by atoms with Gasteiger partial charge in [-0.3, -0.25) is 14.4 Å². The molecule has 0 bridgehead atoms. The topological polar surface area (TPSA) is 71.4 Å². The number of ether oxygens (including phenoxy) is 1. The zero-order chi connectivity index (χ0) is 23.8. The molecule has 1 aromatic carbocycles. The summed E-state index contributed by atoms with van der Waals surface area (Å²) in [6, 6.07) is 4.78. The fourth-order valence-electron chi connectivity index (χ4n) is 5.05. The molecule has 1 aliphatic heterocycles. The molecule has 1 saturated carbocycles. The molecule has 7 nitrogen and oxygen atoms in total. The third-order valence-electron chi connectivity index (χ3n) is 6.95. The molecule has 1 saturated heterocycles. The molecular weight excluding hydrogens is 435 g/mol. The number of hydrogen-bond acceptors (Lipinski definition) is 5. The smallest absolute Gasteiger partial charge is 0.406 e. The van der Waals surface area contributed by atoms with Crippen molar-refractivity contribution in [2.45, 2.75) is 58.0 Å². The average Bonchev–Trinajstić information content (AvgIpc) is 3.02. The van der Waals surface area contributed by atoms with Gasteiger partial charge in [0.15, 0.2) is 5.82 Å². The van der Waals surface area contributed by atoms with E-state index in [-0.39, 0.29) is 24.2 Å². The average molecular weight is 468 g/mol. The number of nitrogens with one attached hydrogen (secondary N) is 2. The highest BCUT2D eigenvalue weighted by atomic mass is 19.4. The number of carbonyl (C=O) groups excluding carboxylic acids is 1. The molecule has 4 rings (SSSR count). The maximum Gasteiger partial charge on any atom is 0.573 e. The normalized spacial score (nSPS) is 22.4. The highest BCUT2D eigenvalue weighted by molar-refractivity contribution is 5.93. The molecule has 33 heavy (non-hydrogen) atoms. The first-order chi connectivity index (χ1) is 15.6. The van der Waals surface area contributed by atoms with Gasteiger partial charge >= 0.3 is 6.36 Å². The molecule has 1 aromatic heterocycles. The lowest BCUT2D eigenvalue weighted by Crippen LogP contribution is -2.63. The predicted octanol–water partition coefficient (Wildman–Crippen LogP) is 3.90. The quantitative estimate of drug-likeness (QED) is 0.646. The number of alkyl halides is 3. The Morgan fingerprint density at radius 3 is 2.55 bits per heavy atom. The number of rotatable bonds is 7. The van der Waals surface area contributed by atoms with Gasteiger partial charge in [0.1, 0.15) is 5.75 Å². The van der Waals surface area contributed by atoms with E-state index in [4.69, 9.17) is 0 Å². The largest absolute Gasteiger partial charge is 0.573 e. The number of anilines is 1. The van der Waals surface area contributed by atoms with Crippen LogP contribution in [0.25, 0.3) is 10.9 Å². The lowest BCUT2D eigenvalue weighted by atomic mass is 9.78. The Bertz CT molecular complexity index is 976. The fourth-order valence-corrected chi connectivity index (χ4v) is 5.05. The van der Waals surface area contributed by atoms with E-state index < -0.39 is 6.36 Å². The molecule has 2 aliphatic rings. The monoisotopic (exact) mass is 467 g/mol. The van der Waals surface area contributed by atoms with Crippen LogP contribution in [0, 0.1) is 11.8 Å². The van der Waals surface area contributed by atoms with Crippen LogP contribution in [0.4, 0.5) is 19.0 Å². The van der Waals surface area contributed by atoms with E-state index in [0.29, 0.717) is 22.8 Å². The first-order valence-electron chi connectivity index (χ1n) is 11.6. The van der Waals surface area contributed by atoms with Gasteiger partial charge in [-0.2, -0.15) is 5.10 Å². The summed E-state index contributed by atoms with van der Waals surface area (Å²) in [5.41, 5.74) is 0.634. The summed E-state index contributed by atoms with van der Waals surface area (Å²) in [7, 11) is 1.69. The molecule has 1 aliphatic carbocycles. The van der Waals surface area contributed by atoms with Gasteiger partial charge in [-0.1, -0.05) is 13.8 Å². The summed E-state index contributed by atoms with van der Waals surface area (Å²) in [6.45, 7) is 6.34. The van der Waals surface area contributed by atoms with Crippen molar-refractivity contribution in [3.8, 4) is 5.75 Å². The van der Waals surface area contributed by atoms with Crippen LogP contribution < -0.4 is 15.4 Å². The Hall–Kier alpha value is -2.49. The maximum atomic E-state index is 12.5. The molecule has 2 N–H and O–H groups in total. The number of hydrogen-bond donors (Lipinski definition) is 2. The highest BCUT2D eigenvalue weighted by Gasteiger charge is 2.35. The Balaban J connectivity index is 1.25. The van der Waals surface area contributed by atoms with Crippen molar-refractivity contribution in [1.29, 1.82) is 0 Å². The summed E-state index contributed by atoms with van der Waals surface area (Å²) in [5, 5.41) is 10.7. The number of fused-ring (bicyclic) bond motifs is 1. The first kappa shape index (κ1) is 23.7. The van der Waals surface area contributed by atoms with Crippen LogP contribution in [-0.2, 0) is 11.8 Å². The van der Waals surface area contributed by atoms with Gasteiger partial charge in [-0.05, 0) is 55.7 Å². The van der Waals surface area contributed by atoms with E-state index in [1.807, 2.05) is 0 Å². The van der Waals surface area contributed by atoms with Gasteiger partial charge in [0, 0.05) is 31.6 Å². The van der Waals surface area contributed by atoms with Gasteiger partial charge in [-0.15, -0.1) is 13.2 Å². The number of carbonyl (C=O) groups is 1. The minimum Gasteiger partial charge on any atom is -0.406 e. The molecule has 182 valence electrons. The van der Waals surface area contributed by atoms with Crippen molar-refractivity contribution in [3.63, 3.8) is 0 Å². The number of aryl methyl sites for hydroxylation is 1. The van der Waals surface area contributed by atoms with Crippen LogP contribution in [0.3, 0.4) is 0 Å². The van der Waals surface area contributed by atoms with Crippen molar-refractivity contribution in [1.82, 2.24) is 20.0 Å². The number of nitrogens with zero attached hydrogens (tertiary/aromatic N) is 3. The number of amides is 1. The molecule has 2 fully saturated rings. The Morgan fingerprint density at radius 2 is 1.91 bits per heavy atom. The van der Waals surface area contributed by atoms with Gasteiger partial charge in [0.2, 0.25) is 5.91 Å². The Labute approximate surface area is 191 Å². The number of halogens is 3. The highest BCUT2D eigenvalue weighted by Crippen LogP contribution is 2.34. The lowest BCUT2D eigenvalue weighted by molar-refractivity contribution is -0.274. The third-order valence-corrected chi connectivity index (χ3v) is 6.95. The Morgan fingerprint density at radius 1 is 1.21 bits per heavy atom. The second-order valence-corrected chi connectivity index (χ2v) is 9.58. The summed E-state index contributed by atoms with van der Waals surface area (Å²) in [6.07, 6.45) is 0.268. The number of likely N-dealkylation sites (tertiary alicyclic amines) is 1. The van der Waals surface area contributed by atoms with Crippen molar-refractivity contribution in [2.24, 2.45) is 18.9 Å². The molecule has 0 atom stereocenters. The molecule has 10 heteroatoms. The lowest BCUT2D eigenvalue weighted by Gasteiger charge is -2.47. The van der Waals surface area contributed by atoms with Gasteiger partial charge in [-0.25, -0.2) is 0 Å². The van der Waals surface area contributed by atoms with Gasteiger partial charge in [0.05, 0.1) is 18.1 Å². The standard InChI is InChI=1S/C23H32F3N5O2/c1-14(2)15-4-6-17(7-5-15)31-12-16(13-31)28-21(32)11-27-22-19-10-18(33-23(24,25)26)8-9-20(19)30(3)29-22/h8-10,14-17H,4-7,11-13H2,1-3H3,(H,27,29)(H,28,32). The van der Waals surface area contributed by atoms with Crippen LogP contribution in [0.15, 0.2) is 18.2 Å².